The minimum Gasteiger partial charge on any atom is -0.460 e. The van der Waals surface area contributed by atoms with Crippen LogP contribution >= 0.6 is 46.3 Å². The smallest absolute Gasteiger partial charge is 0.316 e. The van der Waals surface area contributed by atoms with Gasteiger partial charge in [-0.05, 0) is 30.5 Å². The van der Waals surface area contributed by atoms with Crippen LogP contribution in [0.4, 0.5) is 0 Å². The Morgan fingerprint density at radius 2 is 2.15 bits per heavy atom. The molecule has 0 N–H and O–H groups in total. The zero-order valence-electron chi connectivity index (χ0n) is 13.8. The summed E-state index contributed by atoms with van der Waals surface area (Å²) in [5, 5.41) is 12.1. The van der Waals surface area contributed by atoms with Crippen molar-refractivity contribution < 1.29 is 9.53 Å². The van der Waals surface area contributed by atoms with E-state index >= 15 is 0 Å². The highest BCUT2D eigenvalue weighted by molar-refractivity contribution is 7.99. The van der Waals surface area contributed by atoms with Gasteiger partial charge >= 0.3 is 5.97 Å². The predicted molar refractivity (Wildman–Crippen MR) is 106 cm³/mol. The fourth-order valence-electron chi connectivity index (χ4n) is 2.23. The predicted octanol–water partition coefficient (Wildman–Crippen LogP) is 5.17. The second-order valence-electron chi connectivity index (χ2n) is 5.21. The third-order valence-corrected chi connectivity index (χ3v) is 5.89. The molecule has 0 unspecified atom stereocenters. The zero-order valence-corrected chi connectivity index (χ0v) is 17.0. The lowest BCUT2D eigenvalue weighted by atomic mass is 10.2. The molecule has 0 saturated heterocycles. The van der Waals surface area contributed by atoms with E-state index in [1.165, 1.54) is 11.8 Å². The van der Waals surface area contributed by atoms with E-state index in [0.717, 1.165) is 17.2 Å². The number of ether oxygens (including phenoxy) is 1. The summed E-state index contributed by atoms with van der Waals surface area (Å²) in [4.78, 5) is 13.1. The Morgan fingerprint density at radius 1 is 1.31 bits per heavy atom. The van der Waals surface area contributed by atoms with Crippen LogP contribution in [0.3, 0.4) is 0 Å². The molecule has 0 spiro atoms. The minimum atomic E-state index is -0.343. The summed E-state index contributed by atoms with van der Waals surface area (Å²) < 4.78 is 7.27. The van der Waals surface area contributed by atoms with Gasteiger partial charge in [0, 0.05) is 22.2 Å². The lowest BCUT2D eigenvalue weighted by molar-refractivity contribution is -0.141. The van der Waals surface area contributed by atoms with E-state index in [-0.39, 0.29) is 18.3 Å². The number of benzene rings is 1. The second kappa shape index (κ2) is 8.90. The summed E-state index contributed by atoms with van der Waals surface area (Å²) in [5.74, 6) is 0.615. The largest absolute Gasteiger partial charge is 0.460 e. The number of carbonyl (C=O) groups excluding carboxylic acids is 1. The summed E-state index contributed by atoms with van der Waals surface area (Å²) in [5.41, 5.74) is 0.714. The number of aromatic nitrogens is 3. The molecular formula is C17H15Cl2N3O2S2. The van der Waals surface area contributed by atoms with E-state index in [1.54, 1.807) is 29.5 Å². The maximum Gasteiger partial charge on any atom is 0.316 e. The average molecular weight is 428 g/mol. The highest BCUT2D eigenvalue weighted by Gasteiger charge is 2.15. The van der Waals surface area contributed by atoms with Gasteiger partial charge in [0.1, 0.15) is 6.61 Å². The quantitative estimate of drug-likeness (QED) is 0.384. The Balaban J connectivity index is 1.58. The van der Waals surface area contributed by atoms with Crippen LogP contribution in [0.1, 0.15) is 12.5 Å². The SMILES string of the molecule is CCn1c(SCC(=O)OCc2ccc(Cl)cc2Cl)nnc1-c1cccs1. The first-order chi connectivity index (χ1) is 12.6. The summed E-state index contributed by atoms with van der Waals surface area (Å²) in [6.45, 7) is 2.85. The maximum atomic E-state index is 12.0. The third kappa shape index (κ3) is 4.59. The van der Waals surface area contributed by atoms with Crippen LogP contribution < -0.4 is 0 Å². The van der Waals surface area contributed by atoms with Crippen molar-refractivity contribution in [3.05, 3.63) is 51.3 Å². The molecule has 0 saturated carbocycles. The number of thioether (sulfide) groups is 1. The monoisotopic (exact) mass is 427 g/mol. The molecule has 2 heterocycles. The van der Waals surface area contributed by atoms with Crippen molar-refractivity contribution in [2.75, 3.05) is 5.75 Å². The van der Waals surface area contributed by atoms with Gasteiger partial charge in [-0.2, -0.15) is 0 Å². The molecule has 3 rings (SSSR count). The van der Waals surface area contributed by atoms with Crippen molar-refractivity contribution in [1.82, 2.24) is 14.8 Å². The maximum absolute atomic E-state index is 12.0. The van der Waals surface area contributed by atoms with Gasteiger partial charge in [-0.3, -0.25) is 4.79 Å². The highest BCUT2D eigenvalue weighted by Crippen LogP contribution is 2.27. The first kappa shape index (κ1) is 19.2. The summed E-state index contributed by atoms with van der Waals surface area (Å²) in [7, 11) is 0. The van der Waals surface area contributed by atoms with E-state index in [4.69, 9.17) is 27.9 Å². The van der Waals surface area contributed by atoms with Crippen LogP contribution in [-0.2, 0) is 22.7 Å². The molecular weight excluding hydrogens is 413 g/mol. The third-order valence-electron chi connectivity index (χ3n) is 3.50. The number of esters is 1. The first-order valence-corrected chi connectivity index (χ1v) is 10.4. The molecule has 3 aromatic rings. The molecule has 0 fully saturated rings. The molecule has 0 bridgehead atoms. The van der Waals surface area contributed by atoms with Crippen molar-refractivity contribution in [2.24, 2.45) is 0 Å². The Kier molecular flexibility index (Phi) is 6.58. The number of hydrogen-bond acceptors (Lipinski definition) is 6. The normalized spacial score (nSPS) is 10.9. The molecule has 136 valence electrons. The molecule has 9 heteroatoms. The number of rotatable bonds is 7. The topological polar surface area (TPSA) is 57.0 Å². The van der Waals surface area contributed by atoms with E-state index in [0.29, 0.717) is 20.8 Å². The molecule has 0 radical (unpaired) electrons. The van der Waals surface area contributed by atoms with Crippen LogP contribution in [0.25, 0.3) is 10.7 Å². The Bertz CT molecular complexity index is 898. The lowest BCUT2D eigenvalue weighted by Crippen LogP contribution is -2.09. The van der Waals surface area contributed by atoms with Crippen molar-refractivity contribution in [1.29, 1.82) is 0 Å². The van der Waals surface area contributed by atoms with Gasteiger partial charge in [-0.1, -0.05) is 47.1 Å². The molecule has 0 aliphatic carbocycles. The highest BCUT2D eigenvalue weighted by atomic mass is 35.5. The van der Waals surface area contributed by atoms with Crippen molar-refractivity contribution >= 4 is 52.3 Å². The van der Waals surface area contributed by atoms with Crippen molar-refractivity contribution in [3.8, 4) is 10.7 Å². The number of carbonyl (C=O) groups is 1. The van der Waals surface area contributed by atoms with E-state index in [2.05, 4.69) is 10.2 Å². The van der Waals surface area contributed by atoms with Crippen LogP contribution in [-0.4, -0.2) is 26.5 Å². The first-order valence-electron chi connectivity index (χ1n) is 7.78. The van der Waals surface area contributed by atoms with Crippen molar-refractivity contribution in [2.45, 2.75) is 25.2 Å². The molecule has 0 atom stereocenters. The molecule has 0 amide bonds. The fourth-order valence-corrected chi connectivity index (χ4v) is 4.21. The number of halogens is 2. The Hall–Kier alpha value is -1.54. The summed E-state index contributed by atoms with van der Waals surface area (Å²) in [6.07, 6.45) is 0. The van der Waals surface area contributed by atoms with Crippen LogP contribution in [0.2, 0.25) is 10.0 Å². The molecule has 0 aliphatic heterocycles. The van der Waals surface area contributed by atoms with E-state index in [1.807, 2.05) is 29.0 Å². The van der Waals surface area contributed by atoms with Gasteiger partial charge in [0.2, 0.25) is 0 Å². The van der Waals surface area contributed by atoms with Crippen molar-refractivity contribution in [3.63, 3.8) is 0 Å². The number of nitrogens with zero attached hydrogens (tertiary/aromatic N) is 3. The van der Waals surface area contributed by atoms with Gasteiger partial charge < -0.3 is 9.30 Å². The van der Waals surface area contributed by atoms with E-state index < -0.39 is 0 Å². The van der Waals surface area contributed by atoms with Gasteiger partial charge in [0.05, 0.1) is 10.6 Å². The molecule has 1 aromatic carbocycles. The average Bonchev–Trinajstić information content (AvgIpc) is 3.28. The molecule has 26 heavy (non-hydrogen) atoms. The lowest BCUT2D eigenvalue weighted by Gasteiger charge is -2.08. The Labute approximate surface area is 169 Å². The minimum absolute atomic E-state index is 0.107. The summed E-state index contributed by atoms with van der Waals surface area (Å²) in [6, 6.07) is 9.05. The van der Waals surface area contributed by atoms with Crippen LogP contribution in [0.15, 0.2) is 40.9 Å². The van der Waals surface area contributed by atoms with Gasteiger partial charge in [0.15, 0.2) is 11.0 Å². The van der Waals surface area contributed by atoms with E-state index in [9.17, 15) is 4.79 Å². The van der Waals surface area contributed by atoms with Crippen LogP contribution in [0, 0.1) is 0 Å². The summed E-state index contributed by atoms with van der Waals surface area (Å²) >= 11 is 14.8. The Morgan fingerprint density at radius 3 is 2.85 bits per heavy atom. The standard InChI is InChI=1S/C17H15Cl2N3O2S2/c1-2-22-16(14-4-3-7-25-14)20-21-17(22)26-10-15(23)24-9-11-5-6-12(18)8-13(11)19/h3-8H,2,9-10H2,1H3. The number of hydrogen-bond donors (Lipinski definition) is 0. The molecule has 5 nitrogen and oxygen atoms in total. The second-order valence-corrected chi connectivity index (χ2v) is 7.95. The molecule has 0 aliphatic rings. The van der Waals surface area contributed by atoms with Crippen LogP contribution in [0.5, 0.6) is 0 Å². The van der Waals surface area contributed by atoms with Gasteiger partial charge in [-0.25, -0.2) is 0 Å². The zero-order chi connectivity index (χ0) is 18.5. The number of thiophene rings is 1. The molecule has 2 aromatic heterocycles. The van der Waals surface area contributed by atoms with Gasteiger partial charge in [-0.15, -0.1) is 21.5 Å². The fraction of sp³-hybridized carbons (Fsp3) is 0.235. The van der Waals surface area contributed by atoms with Gasteiger partial charge in [0.25, 0.3) is 0 Å².